The van der Waals surface area contributed by atoms with E-state index in [1.807, 2.05) is 6.92 Å². The minimum Gasteiger partial charge on any atom is -0.367 e. The number of hydrogen-bond acceptors (Lipinski definition) is 3. The number of aromatic nitrogens is 2. The summed E-state index contributed by atoms with van der Waals surface area (Å²) in [5, 5.41) is 0.165. The molecule has 0 radical (unpaired) electrons. The molecule has 1 aromatic rings. The van der Waals surface area contributed by atoms with Gasteiger partial charge in [-0.15, -0.1) is 0 Å². The van der Waals surface area contributed by atoms with Crippen molar-refractivity contribution >= 4 is 11.6 Å². The molecule has 0 N–H and O–H groups in total. The first-order valence-corrected chi connectivity index (χ1v) is 5.99. The molecule has 0 fully saturated rings. The van der Waals surface area contributed by atoms with Crippen LogP contribution in [0.25, 0.3) is 0 Å². The summed E-state index contributed by atoms with van der Waals surface area (Å²) in [6, 6.07) is 1.56. The molecule has 0 unspecified atom stereocenters. The average Bonchev–Trinajstić information content (AvgIpc) is 2.28. The van der Waals surface area contributed by atoms with Crippen molar-refractivity contribution in [3.63, 3.8) is 0 Å². The van der Waals surface area contributed by atoms with E-state index in [9.17, 15) is 17.6 Å². The zero-order chi connectivity index (χ0) is 14.5. The first-order valence-electron chi connectivity index (χ1n) is 5.61. The lowest BCUT2D eigenvalue weighted by atomic mass is 10.2. The van der Waals surface area contributed by atoms with E-state index < -0.39 is 19.0 Å². The van der Waals surface area contributed by atoms with Crippen molar-refractivity contribution in [2.75, 3.05) is 6.61 Å². The second kappa shape index (κ2) is 7.00. The molecular formula is C11H13ClF4N2O. The van der Waals surface area contributed by atoms with E-state index in [4.69, 9.17) is 11.6 Å². The van der Waals surface area contributed by atoms with Gasteiger partial charge < -0.3 is 4.74 Å². The molecule has 0 saturated heterocycles. The van der Waals surface area contributed by atoms with Crippen LogP contribution in [-0.4, -0.2) is 28.9 Å². The predicted molar refractivity (Wildman–Crippen MR) is 61.6 cm³/mol. The summed E-state index contributed by atoms with van der Waals surface area (Å²) in [5.74, 6) is -4.08. The minimum atomic E-state index is -4.18. The van der Waals surface area contributed by atoms with Gasteiger partial charge in [0.1, 0.15) is 18.4 Å². The lowest BCUT2D eigenvalue weighted by molar-refractivity contribution is -0.168. The molecule has 0 aliphatic heterocycles. The second-order valence-electron chi connectivity index (χ2n) is 3.90. The Morgan fingerprint density at radius 2 is 2.05 bits per heavy atom. The van der Waals surface area contributed by atoms with Crippen LogP contribution in [0.5, 0.6) is 0 Å². The lowest BCUT2D eigenvalue weighted by Gasteiger charge is -2.14. The van der Waals surface area contributed by atoms with Gasteiger partial charge >= 0.3 is 12.3 Å². The molecule has 1 heterocycles. The Balaban J connectivity index is 2.58. The molecule has 0 aliphatic rings. The Bertz CT molecular complexity index is 418. The van der Waals surface area contributed by atoms with Gasteiger partial charge in [0, 0.05) is 5.69 Å². The molecule has 8 heteroatoms. The molecular weight excluding hydrogens is 288 g/mol. The van der Waals surface area contributed by atoms with Crippen LogP contribution in [0.4, 0.5) is 17.6 Å². The third-order valence-corrected chi connectivity index (χ3v) is 2.34. The van der Waals surface area contributed by atoms with Gasteiger partial charge in [0.05, 0.1) is 0 Å². The molecule has 0 aliphatic carbocycles. The van der Waals surface area contributed by atoms with Crippen molar-refractivity contribution in [1.29, 1.82) is 0 Å². The SMILES string of the molecule is CCCc1cc(Cl)nc(COCC(F)(F)C(F)F)n1. The van der Waals surface area contributed by atoms with Crippen molar-refractivity contribution in [3.05, 3.63) is 22.7 Å². The number of rotatable bonds is 7. The van der Waals surface area contributed by atoms with E-state index in [-0.39, 0.29) is 17.6 Å². The van der Waals surface area contributed by atoms with Crippen LogP contribution in [0.2, 0.25) is 5.15 Å². The number of hydrogen-bond donors (Lipinski definition) is 0. The van der Waals surface area contributed by atoms with E-state index in [1.54, 1.807) is 6.07 Å². The highest BCUT2D eigenvalue weighted by Gasteiger charge is 2.40. The Kier molecular flexibility index (Phi) is 5.93. The van der Waals surface area contributed by atoms with Crippen LogP contribution >= 0.6 is 11.6 Å². The Labute approximate surface area is 113 Å². The van der Waals surface area contributed by atoms with Crippen LogP contribution < -0.4 is 0 Å². The smallest absolute Gasteiger partial charge is 0.330 e. The zero-order valence-corrected chi connectivity index (χ0v) is 10.9. The summed E-state index contributed by atoms with van der Waals surface area (Å²) >= 11 is 5.73. The van der Waals surface area contributed by atoms with E-state index in [1.165, 1.54) is 0 Å². The monoisotopic (exact) mass is 300 g/mol. The average molecular weight is 301 g/mol. The van der Waals surface area contributed by atoms with Crippen LogP contribution in [0.15, 0.2) is 6.07 Å². The topological polar surface area (TPSA) is 35.0 Å². The van der Waals surface area contributed by atoms with Gasteiger partial charge in [-0.2, -0.15) is 8.78 Å². The molecule has 0 atom stereocenters. The van der Waals surface area contributed by atoms with Crippen molar-refractivity contribution in [1.82, 2.24) is 9.97 Å². The number of aryl methyl sites for hydroxylation is 1. The fraction of sp³-hybridized carbons (Fsp3) is 0.636. The standard InChI is InChI=1S/C11H13ClF4N2O/c1-2-3-7-4-8(12)18-9(17-7)5-19-6-11(15,16)10(13)14/h4,10H,2-3,5-6H2,1H3. The van der Waals surface area contributed by atoms with Gasteiger partial charge in [-0.25, -0.2) is 18.7 Å². The van der Waals surface area contributed by atoms with Gasteiger partial charge in [0.15, 0.2) is 5.82 Å². The van der Waals surface area contributed by atoms with Crippen molar-refractivity contribution in [2.24, 2.45) is 0 Å². The van der Waals surface area contributed by atoms with E-state index in [0.29, 0.717) is 12.1 Å². The highest BCUT2D eigenvalue weighted by atomic mass is 35.5. The summed E-state index contributed by atoms with van der Waals surface area (Å²) in [6.45, 7) is 0.165. The first-order chi connectivity index (χ1) is 8.85. The van der Waals surface area contributed by atoms with E-state index in [0.717, 1.165) is 6.42 Å². The molecule has 0 amide bonds. The summed E-state index contributed by atoms with van der Waals surface area (Å²) in [6.07, 6.45) is -2.28. The van der Waals surface area contributed by atoms with Crippen LogP contribution in [0.3, 0.4) is 0 Å². The van der Waals surface area contributed by atoms with Crippen molar-refractivity contribution in [2.45, 2.75) is 38.7 Å². The van der Waals surface area contributed by atoms with E-state index >= 15 is 0 Å². The number of nitrogens with zero attached hydrogens (tertiary/aromatic N) is 2. The summed E-state index contributed by atoms with van der Waals surface area (Å²) in [5.41, 5.74) is 0.654. The van der Waals surface area contributed by atoms with Crippen LogP contribution in [0.1, 0.15) is 24.9 Å². The van der Waals surface area contributed by atoms with Crippen molar-refractivity contribution in [3.8, 4) is 0 Å². The molecule has 19 heavy (non-hydrogen) atoms. The molecule has 0 bridgehead atoms. The van der Waals surface area contributed by atoms with Gasteiger partial charge in [0.25, 0.3) is 0 Å². The Morgan fingerprint density at radius 1 is 1.37 bits per heavy atom. The van der Waals surface area contributed by atoms with Gasteiger partial charge in [-0.1, -0.05) is 24.9 Å². The largest absolute Gasteiger partial charge is 0.367 e. The molecule has 3 nitrogen and oxygen atoms in total. The zero-order valence-electron chi connectivity index (χ0n) is 10.2. The minimum absolute atomic E-state index is 0.0982. The van der Waals surface area contributed by atoms with Crippen LogP contribution in [-0.2, 0) is 17.8 Å². The van der Waals surface area contributed by atoms with Crippen molar-refractivity contribution < 1.29 is 22.3 Å². The third-order valence-electron chi connectivity index (χ3n) is 2.15. The second-order valence-corrected chi connectivity index (χ2v) is 4.29. The highest BCUT2D eigenvalue weighted by molar-refractivity contribution is 6.29. The number of alkyl halides is 4. The highest BCUT2D eigenvalue weighted by Crippen LogP contribution is 2.23. The van der Waals surface area contributed by atoms with Gasteiger partial charge in [-0.05, 0) is 12.5 Å². The molecule has 0 saturated carbocycles. The summed E-state index contributed by atoms with van der Waals surface area (Å²) < 4.78 is 53.5. The van der Waals surface area contributed by atoms with Crippen LogP contribution in [0, 0.1) is 0 Å². The summed E-state index contributed by atoms with van der Waals surface area (Å²) in [4.78, 5) is 7.81. The predicted octanol–water partition coefficient (Wildman–Crippen LogP) is 3.50. The molecule has 1 rings (SSSR count). The number of halogens is 5. The Morgan fingerprint density at radius 3 is 2.63 bits per heavy atom. The third kappa shape index (κ3) is 5.28. The molecule has 0 spiro atoms. The van der Waals surface area contributed by atoms with Gasteiger partial charge in [-0.3, -0.25) is 0 Å². The number of ether oxygens (including phenoxy) is 1. The summed E-state index contributed by atoms with van der Waals surface area (Å²) in [7, 11) is 0. The lowest BCUT2D eigenvalue weighted by Crippen LogP contribution is -2.32. The Hall–Kier alpha value is -0.950. The first kappa shape index (κ1) is 16.1. The fourth-order valence-corrected chi connectivity index (χ4v) is 1.53. The van der Waals surface area contributed by atoms with E-state index in [2.05, 4.69) is 14.7 Å². The van der Waals surface area contributed by atoms with Gasteiger partial charge in [0.2, 0.25) is 0 Å². The molecule has 0 aromatic carbocycles. The quantitative estimate of drug-likeness (QED) is 0.571. The maximum atomic E-state index is 12.6. The maximum absolute atomic E-state index is 12.6. The molecule has 108 valence electrons. The normalized spacial score (nSPS) is 12.2. The fourth-order valence-electron chi connectivity index (χ4n) is 1.31. The maximum Gasteiger partial charge on any atom is 0.330 e. The molecule has 1 aromatic heterocycles.